The van der Waals surface area contributed by atoms with Crippen LogP contribution in [0.2, 0.25) is 0 Å². The van der Waals surface area contributed by atoms with Crippen LogP contribution >= 0.6 is 0 Å². The monoisotopic (exact) mass is 235 g/mol. The van der Waals surface area contributed by atoms with Crippen LogP contribution in [0.3, 0.4) is 0 Å². The zero-order valence-electron chi connectivity index (χ0n) is 11.1. The highest BCUT2D eigenvalue weighted by Crippen LogP contribution is 2.13. The predicted octanol–water partition coefficient (Wildman–Crippen LogP) is 2.30. The van der Waals surface area contributed by atoms with Gasteiger partial charge in [0.2, 0.25) is 0 Å². The van der Waals surface area contributed by atoms with Crippen LogP contribution in [0.5, 0.6) is 0 Å². The fourth-order valence-electron chi connectivity index (χ4n) is 1.74. The summed E-state index contributed by atoms with van der Waals surface area (Å²) < 4.78 is 4.69. The SMILES string of the molecule is CCN(CC(=O)OC)Cc1cc(C)ccc1C. The number of carbonyl (C=O) groups excluding carboxylic acids is 1. The molecule has 0 bridgehead atoms. The molecule has 0 N–H and O–H groups in total. The Balaban J connectivity index is 2.73. The lowest BCUT2D eigenvalue weighted by Crippen LogP contribution is -2.30. The minimum Gasteiger partial charge on any atom is -0.468 e. The second-order valence-electron chi connectivity index (χ2n) is 4.31. The number of methoxy groups -OCH3 is 1. The van der Waals surface area contributed by atoms with Gasteiger partial charge in [-0.15, -0.1) is 0 Å². The van der Waals surface area contributed by atoms with E-state index in [1.165, 1.54) is 23.8 Å². The van der Waals surface area contributed by atoms with E-state index < -0.39 is 0 Å². The molecule has 0 saturated heterocycles. The van der Waals surface area contributed by atoms with Gasteiger partial charge in [0.05, 0.1) is 13.7 Å². The van der Waals surface area contributed by atoms with Crippen LogP contribution in [0.15, 0.2) is 18.2 Å². The predicted molar refractivity (Wildman–Crippen MR) is 68.9 cm³/mol. The standard InChI is InChI=1S/C14H21NO2/c1-5-15(10-14(16)17-4)9-13-8-11(2)6-7-12(13)3/h6-8H,5,9-10H2,1-4H3. The summed E-state index contributed by atoms with van der Waals surface area (Å²) in [7, 11) is 1.42. The highest BCUT2D eigenvalue weighted by molar-refractivity contribution is 5.71. The van der Waals surface area contributed by atoms with Crippen molar-refractivity contribution in [1.29, 1.82) is 0 Å². The zero-order valence-corrected chi connectivity index (χ0v) is 11.1. The Morgan fingerprint density at radius 1 is 1.35 bits per heavy atom. The van der Waals surface area contributed by atoms with E-state index >= 15 is 0 Å². The summed E-state index contributed by atoms with van der Waals surface area (Å²) in [6, 6.07) is 6.40. The van der Waals surface area contributed by atoms with Crippen LogP contribution in [-0.4, -0.2) is 31.1 Å². The van der Waals surface area contributed by atoms with Crippen LogP contribution in [0.4, 0.5) is 0 Å². The molecule has 0 atom stereocenters. The van der Waals surface area contributed by atoms with Crippen molar-refractivity contribution in [2.45, 2.75) is 27.3 Å². The van der Waals surface area contributed by atoms with Gasteiger partial charge in [-0.2, -0.15) is 0 Å². The van der Waals surface area contributed by atoms with Gasteiger partial charge in [-0.3, -0.25) is 9.69 Å². The first-order valence-corrected chi connectivity index (χ1v) is 5.92. The molecule has 0 aliphatic heterocycles. The van der Waals surface area contributed by atoms with Crippen molar-refractivity contribution in [3.05, 3.63) is 34.9 Å². The molecule has 0 aromatic heterocycles. The van der Waals surface area contributed by atoms with Gasteiger partial charge in [-0.25, -0.2) is 0 Å². The molecule has 0 aliphatic rings. The van der Waals surface area contributed by atoms with Gasteiger partial charge in [-0.1, -0.05) is 30.7 Å². The molecule has 1 rings (SSSR count). The Morgan fingerprint density at radius 2 is 2.06 bits per heavy atom. The number of ether oxygens (including phenoxy) is 1. The van der Waals surface area contributed by atoms with E-state index in [4.69, 9.17) is 4.74 Å². The Bertz CT molecular complexity index is 388. The van der Waals surface area contributed by atoms with Crippen LogP contribution < -0.4 is 0 Å². The number of nitrogens with zero attached hydrogens (tertiary/aromatic N) is 1. The second kappa shape index (κ2) is 6.40. The number of aryl methyl sites for hydroxylation is 2. The molecule has 0 fully saturated rings. The molecule has 0 radical (unpaired) electrons. The molecular formula is C14H21NO2. The number of benzene rings is 1. The third-order valence-corrected chi connectivity index (χ3v) is 2.93. The van der Waals surface area contributed by atoms with Crippen LogP contribution in [0.25, 0.3) is 0 Å². The van der Waals surface area contributed by atoms with Crippen LogP contribution in [0.1, 0.15) is 23.6 Å². The maximum Gasteiger partial charge on any atom is 0.319 e. The maximum absolute atomic E-state index is 11.3. The van der Waals surface area contributed by atoms with Crippen molar-refractivity contribution in [3.8, 4) is 0 Å². The normalized spacial score (nSPS) is 10.6. The van der Waals surface area contributed by atoms with Crippen molar-refractivity contribution in [2.24, 2.45) is 0 Å². The van der Waals surface area contributed by atoms with E-state index in [0.29, 0.717) is 6.54 Å². The Kier molecular flexibility index (Phi) is 5.16. The number of rotatable bonds is 5. The quantitative estimate of drug-likeness (QED) is 0.733. The minimum atomic E-state index is -0.183. The van der Waals surface area contributed by atoms with Crippen molar-refractivity contribution in [1.82, 2.24) is 4.90 Å². The molecule has 1 aromatic rings. The van der Waals surface area contributed by atoms with E-state index in [0.717, 1.165) is 13.1 Å². The van der Waals surface area contributed by atoms with E-state index in [9.17, 15) is 4.79 Å². The summed E-state index contributed by atoms with van der Waals surface area (Å²) in [6.07, 6.45) is 0. The molecule has 17 heavy (non-hydrogen) atoms. The molecule has 0 spiro atoms. The molecule has 0 saturated carbocycles. The molecule has 0 unspecified atom stereocenters. The van der Waals surface area contributed by atoms with E-state index in [1.807, 2.05) is 6.92 Å². The maximum atomic E-state index is 11.3. The lowest BCUT2D eigenvalue weighted by Gasteiger charge is -2.20. The van der Waals surface area contributed by atoms with Crippen LogP contribution in [0, 0.1) is 13.8 Å². The number of hydrogen-bond acceptors (Lipinski definition) is 3. The van der Waals surface area contributed by atoms with Gasteiger partial charge in [-0.05, 0) is 31.5 Å². The molecule has 3 nitrogen and oxygen atoms in total. The third kappa shape index (κ3) is 4.19. The first kappa shape index (κ1) is 13.7. The zero-order chi connectivity index (χ0) is 12.8. The smallest absolute Gasteiger partial charge is 0.319 e. The first-order valence-electron chi connectivity index (χ1n) is 5.92. The highest BCUT2D eigenvalue weighted by atomic mass is 16.5. The van der Waals surface area contributed by atoms with Crippen LogP contribution in [-0.2, 0) is 16.1 Å². The molecule has 1 aromatic carbocycles. The summed E-state index contributed by atoms with van der Waals surface area (Å²) in [5.74, 6) is -0.183. The van der Waals surface area contributed by atoms with E-state index in [-0.39, 0.29) is 5.97 Å². The molecule has 94 valence electrons. The van der Waals surface area contributed by atoms with Crippen molar-refractivity contribution < 1.29 is 9.53 Å². The Hall–Kier alpha value is -1.35. The number of likely N-dealkylation sites (N-methyl/N-ethyl adjacent to an activating group) is 1. The first-order chi connectivity index (χ1) is 8.06. The van der Waals surface area contributed by atoms with Crippen molar-refractivity contribution >= 4 is 5.97 Å². The van der Waals surface area contributed by atoms with Crippen molar-refractivity contribution in [3.63, 3.8) is 0 Å². The van der Waals surface area contributed by atoms with Gasteiger partial charge in [0.25, 0.3) is 0 Å². The van der Waals surface area contributed by atoms with Crippen molar-refractivity contribution in [2.75, 3.05) is 20.2 Å². The fourth-order valence-corrected chi connectivity index (χ4v) is 1.74. The van der Waals surface area contributed by atoms with Gasteiger partial charge in [0.15, 0.2) is 0 Å². The minimum absolute atomic E-state index is 0.183. The highest BCUT2D eigenvalue weighted by Gasteiger charge is 2.10. The second-order valence-corrected chi connectivity index (χ2v) is 4.31. The van der Waals surface area contributed by atoms with Gasteiger partial charge in [0, 0.05) is 6.54 Å². The number of carbonyl (C=O) groups is 1. The fraction of sp³-hybridized carbons (Fsp3) is 0.500. The average Bonchev–Trinajstić information content (AvgIpc) is 2.32. The Morgan fingerprint density at radius 3 is 2.65 bits per heavy atom. The summed E-state index contributed by atoms with van der Waals surface area (Å²) >= 11 is 0. The average molecular weight is 235 g/mol. The summed E-state index contributed by atoms with van der Waals surface area (Å²) in [4.78, 5) is 13.3. The molecule has 0 heterocycles. The van der Waals surface area contributed by atoms with Gasteiger partial charge >= 0.3 is 5.97 Å². The Labute approximate surface area is 103 Å². The lowest BCUT2D eigenvalue weighted by molar-refractivity contribution is -0.142. The van der Waals surface area contributed by atoms with Gasteiger partial charge in [0.1, 0.15) is 0 Å². The molecule has 0 aliphatic carbocycles. The lowest BCUT2D eigenvalue weighted by atomic mass is 10.1. The molecule has 0 amide bonds. The molecular weight excluding hydrogens is 214 g/mol. The van der Waals surface area contributed by atoms with E-state index in [2.05, 4.69) is 36.9 Å². The summed E-state index contributed by atoms with van der Waals surface area (Å²) in [6.45, 7) is 8.20. The largest absolute Gasteiger partial charge is 0.468 e. The number of hydrogen-bond donors (Lipinski definition) is 0. The molecule has 3 heteroatoms. The summed E-state index contributed by atoms with van der Waals surface area (Å²) in [5.41, 5.74) is 3.79. The van der Waals surface area contributed by atoms with E-state index in [1.54, 1.807) is 0 Å². The van der Waals surface area contributed by atoms with Gasteiger partial charge < -0.3 is 4.74 Å². The summed E-state index contributed by atoms with van der Waals surface area (Å²) in [5, 5.41) is 0. The topological polar surface area (TPSA) is 29.5 Å². The third-order valence-electron chi connectivity index (χ3n) is 2.93. The number of esters is 1.